The predicted molar refractivity (Wildman–Crippen MR) is 99.1 cm³/mol. The van der Waals surface area contributed by atoms with E-state index in [1.807, 2.05) is 53.4 Å². The number of benzene rings is 1. The first-order chi connectivity index (χ1) is 11.7. The fourth-order valence-corrected chi connectivity index (χ4v) is 3.26. The number of halogens is 1. The van der Waals surface area contributed by atoms with Crippen LogP contribution in [0.1, 0.15) is 37.7 Å². The SMILES string of the molecule is O=C(/C=C/c1ccc(Cl)cc1)N(c1ccccn1)C1CCCCC1. The Labute approximate surface area is 148 Å². The van der Waals surface area contributed by atoms with Crippen molar-refractivity contribution in [2.24, 2.45) is 0 Å². The molecule has 1 saturated carbocycles. The molecule has 24 heavy (non-hydrogen) atoms. The van der Waals surface area contributed by atoms with Crippen LogP contribution in [-0.4, -0.2) is 16.9 Å². The second kappa shape index (κ2) is 8.11. The fraction of sp³-hybridized carbons (Fsp3) is 0.300. The maximum atomic E-state index is 12.9. The van der Waals surface area contributed by atoms with Gasteiger partial charge in [-0.2, -0.15) is 0 Å². The summed E-state index contributed by atoms with van der Waals surface area (Å²) in [5.41, 5.74) is 0.956. The monoisotopic (exact) mass is 340 g/mol. The highest BCUT2D eigenvalue weighted by Crippen LogP contribution is 2.26. The van der Waals surface area contributed by atoms with Gasteiger partial charge in [0.15, 0.2) is 0 Å². The van der Waals surface area contributed by atoms with E-state index in [1.165, 1.54) is 19.3 Å². The Morgan fingerprint density at radius 2 is 1.83 bits per heavy atom. The molecule has 1 aromatic heterocycles. The first-order valence-corrected chi connectivity index (χ1v) is 8.80. The van der Waals surface area contributed by atoms with Gasteiger partial charge >= 0.3 is 0 Å². The van der Waals surface area contributed by atoms with Crippen molar-refractivity contribution in [3.63, 3.8) is 0 Å². The van der Waals surface area contributed by atoms with Gasteiger partial charge in [-0.25, -0.2) is 4.98 Å². The normalized spacial score (nSPS) is 15.5. The Morgan fingerprint density at radius 1 is 1.08 bits per heavy atom. The van der Waals surface area contributed by atoms with E-state index in [9.17, 15) is 4.79 Å². The minimum atomic E-state index is -0.0180. The Kier molecular flexibility index (Phi) is 5.65. The molecule has 1 fully saturated rings. The zero-order valence-corrected chi connectivity index (χ0v) is 14.3. The third-order valence-corrected chi connectivity index (χ3v) is 4.61. The van der Waals surface area contributed by atoms with Gasteiger partial charge in [0.25, 0.3) is 5.91 Å². The standard InChI is InChI=1S/C20H21ClN2O/c21-17-12-9-16(10-13-17)11-14-20(24)23(18-6-2-1-3-7-18)19-8-4-5-15-22-19/h4-5,8-15,18H,1-3,6-7H2/b14-11+. The Hall–Kier alpha value is -2.13. The first-order valence-electron chi connectivity index (χ1n) is 8.42. The van der Waals surface area contributed by atoms with Crippen molar-refractivity contribution < 1.29 is 4.79 Å². The number of pyridine rings is 1. The number of carbonyl (C=O) groups excluding carboxylic acids is 1. The van der Waals surface area contributed by atoms with Gasteiger partial charge in [-0.3, -0.25) is 9.69 Å². The number of hydrogen-bond donors (Lipinski definition) is 0. The van der Waals surface area contributed by atoms with Crippen molar-refractivity contribution in [3.05, 3.63) is 65.3 Å². The fourth-order valence-electron chi connectivity index (χ4n) is 3.14. The van der Waals surface area contributed by atoms with E-state index >= 15 is 0 Å². The maximum absolute atomic E-state index is 12.9. The molecule has 1 heterocycles. The number of rotatable bonds is 4. The number of amides is 1. The molecule has 0 spiro atoms. The summed E-state index contributed by atoms with van der Waals surface area (Å²) in [7, 11) is 0. The molecule has 0 radical (unpaired) electrons. The van der Waals surface area contributed by atoms with Crippen LogP contribution in [0.3, 0.4) is 0 Å². The molecule has 0 bridgehead atoms. The minimum absolute atomic E-state index is 0.0180. The Bertz CT molecular complexity index is 691. The summed E-state index contributed by atoms with van der Waals surface area (Å²) < 4.78 is 0. The molecule has 3 nitrogen and oxygen atoms in total. The molecular weight excluding hydrogens is 320 g/mol. The van der Waals surface area contributed by atoms with Crippen LogP contribution in [0.5, 0.6) is 0 Å². The summed E-state index contributed by atoms with van der Waals surface area (Å²) in [4.78, 5) is 19.1. The van der Waals surface area contributed by atoms with Gasteiger partial charge in [-0.1, -0.05) is 49.1 Å². The summed E-state index contributed by atoms with van der Waals surface area (Å²) in [5.74, 6) is 0.714. The Morgan fingerprint density at radius 3 is 2.50 bits per heavy atom. The first kappa shape index (κ1) is 16.7. The van der Waals surface area contributed by atoms with Crippen molar-refractivity contribution in [3.8, 4) is 0 Å². The van der Waals surface area contributed by atoms with Crippen LogP contribution in [0.2, 0.25) is 5.02 Å². The van der Waals surface area contributed by atoms with Crippen LogP contribution in [-0.2, 0) is 4.79 Å². The van der Waals surface area contributed by atoms with Gasteiger partial charge < -0.3 is 0 Å². The number of anilines is 1. The molecule has 0 aliphatic heterocycles. The second-order valence-corrected chi connectivity index (χ2v) is 6.51. The van der Waals surface area contributed by atoms with E-state index in [2.05, 4.69) is 4.98 Å². The highest BCUT2D eigenvalue weighted by Gasteiger charge is 2.26. The molecule has 0 unspecified atom stereocenters. The number of hydrogen-bond acceptors (Lipinski definition) is 2. The summed E-state index contributed by atoms with van der Waals surface area (Å²) in [5, 5.41) is 0.691. The van der Waals surface area contributed by atoms with Crippen molar-refractivity contribution in [1.29, 1.82) is 0 Å². The molecule has 3 rings (SSSR count). The lowest BCUT2D eigenvalue weighted by molar-refractivity contribution is -0.114. The lowest BCUT2D eigenvalue weighted by Crippen LogP contribution is -2.41. The third kappa shape index (κ3) is 4.24. The molecule has 0 saturated heterocycles. The molecular formula is C20H21ClN2O. The lowest BCUT2D eigenvalue weighted by atomic mass is 9.94. The van der Waals surface area contributed by atoms with Gasteiger partial charge in [0.1, 0.15) is 5.82 Å². The van der Waals surface area contributed by atoms with Crippen LogP contribution in [0.15, 0.2) is 54.7 Å². The average Bonchev–Trinajstić information content (AvgIpc) is 2.63. The Balaban J connectivity index is 1.81. The van der Waals surface area contributed by atoms with Crippen LogP contribution >= 0.6 is 11.6 Å². The molecule has 1 aromatic carbocycles. The van der Waals surface area contributed by atoms with Crippen LogP contribution in [0, 0.1) is 0 Å². The molecule has 0 N–H and O–H groups in total. The second-order valence-electron chi connectivity index (χ2n) is 6.07. The van der Waals surface area contributed by atoms with Crippen molar-refractivity contribution in [1.82, 2.24) is 4.98 Å². The molecule has 1 aliphatic rings. The van der Waals surface area contributed by atoms with Gasteiger partial charge in [-0.05, 0) is 48.7 Å². The van der Waals surface area contributed by atoms with Gasteiger partial charge in [0.2, 0.25) is 0 Å². The molecule has 1 amide bonds. The van der Waals surface area contributed by atoms with Gasteiger partial charge in [0.05, 0.1) is 0 Å². The smallest absolute Gasteiger partial charge is 0.252 e. The summed E-state index contributed by atoms with van der Waals surface area (Å²) in [6.45, 7) is 0. The van der Waals surface area contributed by atoms with Crippen molar-refractivity contribution in [2.45, 2.75) is 38.1 Å². The third-order valence-electron chi connectivity index (χ3n) is 4.36. The van der Waals surface area contributed by atoms with Crippen LogP contribution in [0.25, 0.3) is 6.08 Å². The van der Waals surface area contributed by atoms with E-state index in [0.717, 1.165) is 24.2 Å². The lowest BCUT2D eigenvalue weighted by Gasteiger charge is -2.32. The van der Waals surface area contributed by atoms with Crippen LogP contribution < -0.4 is 4.90 Å². The van der Waals surface area contributed by atoms with Crippen molar-refractivity contribution >= 4 is 29.4 Å². The van der Waals surface area contributed by atoms with Gasteiger partial charge in [-0.15, -0.1) is 0 Å². The highest BCUT2D eigenvalue weighted by atomic mass is 35.5. The summed E-state index contributed by atoms with van der Waals surface area (Å²) in [6.07, 6.45) is 10.9. The molecule has 124 valence electrons. The largest absolute Gasteiger partial charge is 0.290 e. The zero-order valence-electron chi connectivity index (χ0n) is 13.6. The van der Waals surface area contributed by atoms with E-state index < -0.39 is 0 Å². The molecule has 1 aliphatic carbocycles. The average molecular weight is 341 g/mol. The summed E-state index contributed by atoms with van der Waals surface area (Å²) >= 11 is 5.90. The van der Waals surface area contributed by atoms with E-state index in [0.29, 0.717) is 5.02 Å². The van der Waals surface area contributed by atoms with E-state index in [4.69, 9.17) is 11.6 Å². The van der Waals surface area contributed by atoms with E-state index in [-0.39, 0.29) is 11.9 Å². The number of nitrogens with zero attached hydrogens (tertiary/aromatic N) is 2. The maximum Gasteiger partial charge on any atom is 0.252 e. The highest BCUT2D eigenvalue weighted by molar-refractivity contribution is 6.30. The summed E-state index contributed by atoms with van der Waals surface area (Å²) in [6, 6.07) is 13.4. The van der Waals surface area contributed by atoms with Gasteiger partial charge in [0, 0.05) is 23.3 Å². The quantitative estimate of drug-likeness (QED) is 0.724. The molecule has 4 heteroatoms. The number of carbonyl (C=O) groups is 1. The molecule has 2 aromatic rings. The zero-order chi connectivity index (χ0) is 16.8. The van der Waals surface area contributed by atoms with E-state index in [1.54, 1.807) is 12.3 Å². The molecule has 0 atom stereocenters. The predicted octanol–water partition coefficient (Wildman–Crippen LogP) is 5.11. The number of aromatic nitrogens is 1. The van der Waals surface area contributed by atoms with Crippen molar-refractivity contribution in [2.75, 3.05) is 4.90 Å². The minimum Gasteiger partial charge on any atom is -0.290 e. The van der Waals surface area contributed by atoms with Crippen LogP contribution in [0.4, 0.5) is 5.82 Å². The topological polar surface area (TPSA) is 33.2 Å².